The number of fused-ring (bicyclic) bond motifs is 2. The number of rotatable bonds is 2. The van der Waals surface area contributed by atoms with Crippen LogP contribution in [0.25, 0.3) is 33.3 Å². The van der Waals surface area contributed by atoms with Gasteiger partial charge in [-0.05, 0) is 49.7 Å². The van der Waals surface area contributed by atoms with E-state index in [0.717, 1.165) is 16.5 Å². The first-order chi connectivity index (χ1) is 12.3. The molecule has 0 amide bonds. The Morgan fingerprint density at radius 3 is 2.58 bits per heavy atom. The van der Waals surface area contributed by atoms with Gasteiger partial charge in [0.1, 0.15) is 5.69 Å². The van der Waals surface area contributed by atoms with E-state index in [1.54, 1.807) is 18.2 Å². The molecule has 4 aromatic rings. The van der Waals surface area contributed by atoms with Crippen LogP contribution in [0.1, 0.15) is 21.5 Å². The topological polar surface area (TPSA) is 63.3 Å². The Morgan fingerprint density at radius 1 is 1.08 bits per heavy atom. The maximum atomic E-state index is 11.8. The molecule has 0 aliphatic rings. The average molecular weight is 386 g/mol. The zero-order valence-electron chi connectivity index (χ0n) is 13.9. The van der Waals surface area contributed by atoms with Gasteiger partial charge in [0, 0.05) is 15.8 Å². The molecule has 26 heavy (non-hydrogen) atoms. The summed E-state index contributed by atoms with van der Waals surface area (Å²) >= 11 is 12.2. The lowest BCUT2D eigenvalue weighted by Gasteiger charge is -2.09. The quantitative estimate of drug-likeness (QED) is 0.441. The number of aromatic carboxylic acids is 1. The van der Waals surface area contributed by atoms with Crippen LogP contribution in [0.15, 0.2) is 40.8 Å². The molecule has 0 radical (unpaired) electrons. The van der Waals surface area contributed by atoms with Crippen molar-refractivity contribution in [3.05, 3.63) is 63.1 Å². The van der Waals surface area contributed by atoms with Crippen molar-refractivity contribution < 1.29 is 14.3 Å². The van der Waals surface area contributed by atoms with Crippen molar-refractivity contribution in [1.29, 1.82) is 0 Å². The monoisotopic (exact) mass is 385 g/mol. The molecule has 2 aromatic heterocycles. The third kappa shape index (κ3) is 2.71. The maximum absolute atomic E-state index is 11.8. The van der Waals surface area contributed by atoms with Gasteiger partial charge in [0.05, 0.1) is 16.1 Å². The fourth-order valence-electron chi connectivity index (χ4n) is 3.19. The summed E-state index contributed by atoms with van der Waals surface area (Å²) in [6, 6.07) is 10.4. The largest absolute Gasteiger partial charge is 0.478 e. The number of pyridine rings is 1. The highest BCUT2D eigenvalue weighted by molar-refractivity contribution is 6.38. The number of furan rings is 1. The minimum atomic E-state index is -1.01. The van der Waals surface area contributed by atoms with E-state index in [0.29, 0.717) is 38.0 Å². The van der Waals surface area contributed by atoms with E-state index < -0.39 is 5.97 Å². The summed E-state index contributed by atoms with van der Waals surface area (Å²) in [5.74, 6) is -0.575. The van der Waals surface area contributed by atoms with Crippen molar-refractivity contribution in [1.82, 2.24) is 4.98 Å². The number of hydrogen-bond donors (Lipinski definition) is 1. The second-order valence-corrected chi connectivity index (χ2v) is 7.10. The van der Waals surface area contributed by atoms with E-state index >= 15 is 0 Å². The summed E-state index contributed by atoms with van der Waals surface area (Å²) in [7, 11) is 0. The minimum Gasteiger partial charge on any atom is -0.478 e. The molecular weight excluding hydrogens is 373 g/mol. The molecule has 0 bridgehead atoms. The Bertz CT molecular complexity index is 1210. The molecule has 4 nitrogen and oxygen atoms in total. The van der Waals surface area contributed by atoms with Gasteiger partial charge in [-0.2, -0.15) is 0 Å². The second-order valence-electron chi connectivity index (χ2n) is 6.25. The van der Waals surface area contributed by atoms with Gasteiger partial charge in [-0.3, -0.25) is 0 Å². The molecule has 0 aliphatic carbocycles. The van der Waals surface area contributed by atoms with E-state index in [1.165, 1.54) is 6.07 Å². The minimum absolute atomic E-state index is 0.182. The third-order valence-electron chi connectivity index (χ3n) is 4.27. The number of carboxylic acids is 1. The molecule has 0 saturated carbocycles. The van der Waals surface area contributed by atoms with Crippen LogP contribution in [0.4, 0.5) is 0 Å². The van der Waals surface area contributed by atoms with Gasteiger partial charge in [-0.1, -0.05) is 34.8 Å². The predicted molar refractivity (Wildman–Crippen MR) is 103 cm³/mol. The van der Waals surface area contributed by atoms with Crippen molar-refractivity contribution in [2.24, 2.45) is 0 Å². The first-order valence-corrected chi connectivity index (χ1v) is 8.63. The van der Waals surface area contributed by atoms with Crippen LogP contribution in [-0.4, -0.2) is 16.1 Å². The second kappa shape index (κ2) is 6.01. The number of carbonyl (C=O) groups is 1. The molecule has 0 fully saturated rings. The number of aromatic nitrogens is 1. The lowest BCUT2D eigenvalue weighted by atomic mass is 10.0. The molecular formula is C20H13Cl2NO3. The lowest BCUT2D eigenvalue weighted by molar-refractivity contribution is 0.0699. The number of benzene rings is 2. The SMILES string of the molecule is Cc1cc(C)c2nc(-c3cc4cc(Cl)cc(Cl)c4o3)cc(C(=O)O)c2c1. The van der Waals surface area contributed by atoms with Crippen molar-refractivity contribution in [2.45, 2.75) is 13.8 Å². The summed E-state index contributed by atoms with van der Waals surface area (Å²) < 4.78 is 5.84. The Hall–Kier alpha value is -2.56. The molecule has 0 saturated heterocycles. The molecule has 6 heteroatoms. The summed E-state index contributed by atoms with van der Waals surface area (Å²) in [5.41, 5.74) is 3.63. The molecule has 4 rings (SSSR count). The standard InChI is InChI=1S/C20H13Cl2NO3/c1-9-3-10(2)18-13(4-9)14(20(24)25)8-16(23-18)17-6-11-5-12(21)7-15(22)19(11)26-17/h3-8H,1-2H3,(H,24,25). The van der Waals surface area contributed by atoms with Crippen LogP contribution in [0.2, 0.25) is 10.0 Å². The molecule has 1 N–H and O–H groups in total. The highest BCUT2D eigenvalue weighted by atomic mass is 35.5. The zero-order chi connectivity index (χ0) is 18.6. The molecule has 130 valence electrons. The van der Waals surface area contributed by atoms with Crippen molar-refractivity contribution in [3.8, 4) is 11.5 Å². The Kier molecular flexibility index (Phi) is 3.90. The summed E-state index contributed by atoms with van der Waals surface area (Å²) in [6.45, 7) is 3.84. The van der Waals surface area contributed by atoms with Crippen molar-refractivity contribution in [2.75, 3.05) is 0 Å². The lowest BCUT2D eigenvalue weighted by Crippen LogP contribution is -2.01. The van der Waals surface area contributed by atoms with Crippen LogP contribution >= 0.6 is 23.2 Å². The summed E-state index contributed by atoms with van der Waals surface area (Å²) in [6.07, 6.45) is 0. The van der Waals surface area contributed by atoms with Crippen LogP contribution in [0.5, 0.6) is 0 Å². The molecule has 2 heterocycles. The van der Waals surface area contributed by atoms with E-state index in [9.17, 15) is 9.90 Å². The molecule has 2 aromatic carbocycles. The van der Waals surface area contributed by atoms with Gasteiger partial charge < -0.3 is 9.52 Å². The normalized spacial score (nSPS) is 11.4. The van der Waals surface area contributed by atoms with Gasteiger partial charge in [0.2, 0.25) is 0 Å². The number of nitrogens with zero attached hydrogens (tertiary/aromatic N) is 1. The fraction of sp³-hybridized carbons (Fsp3) is 0.100. The van der Waals surface area contributed by atoms with E-state index in [-0.39, 0.29) is 5.56 Å². The highest BCUT2D eigenvalue weighted by Crippen LogP contribution is 2.35. The Morgan fingerprint density at radius 2 is 1.85 bits per heavy atom. The van der Waals surface area contributed by atoms with Gasteiger partial charge in [0.25, 0.3) is 0 Å². The smallest absolute Gasteiger partial charge is 0.336 e. The number of halogens is 2. The van der Waals surface area contributed by atoms with E-state index in [1.807, 2.05) is 26.0 Å². The fourth-order valence-corrected chi connectivity index (χ4v) is 3.73. The maximum Gasteiger partial charge on any atom is 0.336 e. The zero-order valence-corrected chi connectivity index (χ0v) is 15.4. The van der Waals surface area contributed by atoms with Crippen LogP contribution < -0.4 is 0 Å². The highest BCUT2D eigenvalue weighted by Gasteiger charge is 2.18. The first-order valence-electron chi connectivity index (χ1n) is 7.88. The van der Waals surface area contributed by atoms with E-state index in [4.69, 9.17) is 27.6 Å². The first kappa shape index (κ1) is 16.9. The molecule has 0 spiro atoms. The number of hydrogen-bond acceptors (Lipinski definition) is 3. The molecule has 0 atom stereocenters. The molecule has 0 unspecified atom stereocenters. The number of carboxylic acid groups (broad SMARTS) is 1. The van der Waals surface area contributed by atoms with Crippen LogP contribution in [-0.2, 0) is 0 Å². The number of aryl methyl sites for hydroxylation is 2. The Labute approximate surface area is 159 Å². The van der Waals surface area contributed by atoms with Gasteiger partial charge in [-0.15, -0.1) is 0 Å². The Balaban J connectivity index is 2.03. The van der Waals surface area contributed by atoms with Gasteiger partial charge in [-0.25, -0.2) is 9.78 Å². The molecule has 0 aliphatic heterocycles. The van der Waals surface area contributed by atoms with E-state index in [2.05, 4.69) is 4.98 Å². The summed E-state index contributed by atoms with van der Waals surface area (Å²) in [4.78, 5) is 16.4. The van der Waals surface area contributed by atoms with Crippen LogP contribution in [0.3, 0.4) is 0 Å². The average Bonchev–Trinajstić information content (AvgIpc) is 2.98. The summed E-state index contributed by atoms with van der Waals surface area (Å²) in [5, 5.41) is 11.9. The van der Waals surface area contributed by atoms with Crippen molar-refractivity contribution in [3.63, 3.8) is 0 Å². The third-order valence-corrected chi connectivity index (χ3v) is 4.77. The van der Waals surface area contributed by atoms with Crippen LogP contribution in [0, 0.1) is 13.8 Å². The predicted octanol–water partition coefficient (Wildman–Crippen LogP) is 6.27. The van der Waals surface area contributed by atoms with Crippen molar-refractivity contribution >= 4 is 51.0 Å². The van der Waals surface area contributed by atoms with Gasteiger partial charge >= 0.3 is 5.97 Å². The van der Waals surface area contributed by atoms with Gasteiger partial charge in [0.15, 0.2) is 11.3 Å².